The standard InChI is InChI=1S/C6H11FO5/c7-6(12)5(11)4(10)1-3(9)2-8/h3,5-6,8-9,11-12H,1-2H2/t3-,5+,6?/m0/s1. The van der Waals surface area contributed by atoms with Crippen molar-refractivity contribution < 1.29 is 29.6 Å². The summed E-state index contributed by atoms with van der Waals surface area (Å²) in [5.41, 5.74) is 0. The van der Waals surface area contributed by atoms with Crippen LogP contribution < -0.4 is 0 Å². The van der Waals surface area contributed by atoms with Crippen molar-refractivity contribution in [3.05, 3.63) is 0 Å². The lowest BCUT2D eigenvalue weighted by atomic mass is 10.1. The molecule has 0 fully saturated rings. The first-order valence-electron chi connectivity index (χ1n) is 3.31. The fourth-order valence-electron chi connectivity index (χ4n) is 0.571. The van der Waals surface area contributed by atoms with Crippen LogP contribution in [0.4, 0.5) is 4.39 Å². The molecule has 0 heterocycles. The van der Waals surface area contributed by atoms with Crippen LogP contribution >= 0.6 is 0 Å². The number of hydrogen-bond donors (Lipinski definition) is 4. The summed E-state index contributed by atoms with van der Waals surface area (Å²) in [6.07, 6.45) is -6.71. The van der Waals surface area contributed by atoms with E-state index in [1.165, 1.54) is 0 Å². The molecule has 0 aliphatic carbocycles. The Kier molecular flexibility index (Phi) is 4.91. The molecule has 0 aliphatic rings. The van der Waals surface area contributed by atoms with E-state index >= 15 is 0 Å². The van der Waals surface area contributed by atoms with Gasteiger partial charge in [-0.05, 0) is 0 Å². The maximum Gasteiger partial charge on any atom is 0.229 e. The molecule has 5 nitrogen and oxygen atoms in total. The van der Waals surface area contributed by atoms with Crippen molar-refractivity contribution in [2.75, 3.05) is 6.61 Å². The monoisotopic (exact) mass is 182 g/mol. The molecule has 0 bridgehead atoms. The summed E-state index contributed by atoms with van der Waals surface area (Å²) < 4.78 is 11.8. The molecule has 0 spiro atoms. The van der Waals surface area contributed by atoms with Crippen molar-refractivity contribution in [3.63, 3.8) is 0 Å². The van der Waals surface area contributed by atoms with E-state index in [1.54, 1.807) is 0 Å². The Bertz CT molecular complexity index is 149. The molecule has 4 N–H and O–H groups in total. The number of aliphatic hydroxyl groups excluding tert-OH is 4. The van der Waals surface area contributed by atoms with Gasteiger partial charge >= 0.3 is 0 Å². The van der Waals surface area contributed by atoms with Gasteiger partial charge in [-0.15, -0.1) is 0 Å². The van der Waals surface area contributed by atoms with Crippen molar-refractivity contribution in [1.82, 2.24) is 0 Å². The van der Waals surface area contributed by atoms with Crippen LogP contribution in [-0.2, 0) is 4.79 Å². The number of rotatable bonds is 5. The first kappa shape index (κ1) is 11.4. The quantitative estimate of drug-likeness (QED) is 0.392. The number of hydrogen-bond acceptors (Lipinski definition) is 5. The average molecular weight is 182 g/mol. The van der Waals surface area contributed by atoms with Crippen LogP contribution in [0, 0.1) is 0 Å². The molecule has 0 saturated heterocycles. The number of carbonyl (C=O) groups excluding carboxylic acids is 1. The number of alkyl halides is 1. The molecule has 1 unspecified atom stereocenters. The maximum atomic E-state index is 11.8. The summed E-state index contributed by atoms with van der Waals surface area (Å²) in [7, 11) is 0. The van der Waals surface area contributed by atoms with Crippen molar-refractivity contribution in [1.29, 1.82) is 0 Å². The van der Waals surface area contributed by atoms with Gasteiger partial charge in [-0.25, -0.2) is 4.39 Å². The molecule has 0 aromatic rings. The Hall–Kier alpha value is -0.560. The summed E-state index contributed by atoms with van der Waals surface area (Å²) in [6.45, 7) is -0.652. The Morgan fingerprint density at radius 2 is 1.83 bits per heavy atom. The Morgan fingerprint density at radius 1 is 1.33 bits per heavy atom. The third-order valence-corrected chi connectivity index (χ3v) is 1.24. The van der Waals surface area contributed by atoms with Gasteiger partial charge < -0.3 is 20.4 Å². The Labute approximate surface area is 68.1 Å². The summed E-state index contributed by atoms with van der Waals surface area (Å²) in [4.78, 5) is 10.6. The molecule has 0 aliphatic heterocycles. The van der Waals surface area contributed by atoms with Crippen molar-refractivity contribution >= 4 is 5.78 Å². The molecule has 72 valence electrons. The SMILES string of the molecule is O=C(C[C@H](O)CO)[C@@H](O)C(O)F. The van der Waals surface area contributed by atoms with E-state index in [-0.39, 0.29) is 0 Å². The topological polar surface area (TPSA) is 98.0 Å². The van der Waals surface area contributed by atoms with Crippen LogP contribution in [0.5, 0.6) is 0 Å². The zero-order valence-electron chi connectivity index (χ0n) is 6.22. The minimum Gasteiger partial charge on any atom is -0.394 e. The zero-order valence-corrected chi connectivity index (χ0v) is 6.22. The highest BCUT2D eigenvalue weighted by Crippen LogP contribution is 2.02. The van der Waals surface area contributed by atoms with Gasteiger partial charge in [0.1, 0.15) is 0 Å². The van der Waals surface area contributed by atoms with Crippen LogP contribution in [0.25, 0.3) is 0 Å². The van der Waals surface area contributed by atoms with Gasteiger partial charge in [0.25, 0.3) is 0 Å². The molecule has 12 heavy (non-hydrogen) atoms. The average Bonchev–Trinajstić information content (AvgIpc) is 2.02. The molecule has 0 radical (unpaired) electrons. The number of aliphatic hydroxyl groups is 4. The van der Waals surface area contributed by atoms with E-state index in [9.17, 15) is 9.18 Å². The third-order valence-electron chi connectivity index (χ3n) is 1.24. The minimum absolute atomic E-state index is 0.585. The second kappa shape index (κ2) is 5.15. The molecule has 0 aromatic carbocycles. The molecule has 0 saturated carbocycles. The zero-order chi connectivity index (χ0) is 9.72. The fourth-order valence-corrected chi connectivity index (χ4v) is 0.571. The number of ketones is 1. The van der Waals surface area contributed by atoms with Crippen LogP contribution in [0.3, 0.4) is 0 Å². The van der Waals surface area contributed by atoms with E-state index in [0.717, 1.165) is 0 Å². The van der Waals surface area contributed by atoms with Gasteiger partial charge in [0, 0.05) is 6.42 Å². The lowest BCUT2D eigenvalue weighted by Crippen LogP contribution is -2.33. The highest BCUT2D eigenvalue weighted by atomic mass is 19.1. The van der Waals surface area contributed by atoms with E-state index in [4.69, 9.17) is 20.4 Å². The normalized spacial score (nSPS) is 18.4. The predicted octanol–water partition coefficient (Wildman–Crippen LogP) is -2.05. The van der Waals surface area contributed by atoms with Gasteiger partial charge in [0.05, 0.1) is 12.7 Å². The van der Waals surface area contributed by atoms with Gasteiger partial charge in [-0.1, -0.05) is 0 Å². The number of halogens is 1. The van der Waals surface area contributed by atoms with E-state index in [2.05, 4.69) is 0 Å². The number of Topliss-reactive ketones (excluding diaryl/α,β-unsaturated/α-hetero) is 1. The van der Waals surface area contributed by atoms with Crippen LogP contribution in [0.1, 0.15) is 6.42 Å². The maximum absolute atomic E-state index is 11.8. The summed E-state index contributed by atoms with van der Waals surface area (Å²) >= 11 is 0. The molecule has 6 heteroatoms. The largest absolute Gasteiger partial charge is 0.394 e. The van der Waals surface area contributed by atoms with Gasteiger partial charge in [0.15, 0.2) is 11.9 Å². The Morgan fingerprint density at radius 3 is 2.17 bits per heavy atom. The first-order chi connectivity index (χ1) is 5.49. The van der Waals surface area contributed by atoms with E-state index in [1.807, 2.05) is 0 Å². The second-order valence-corrected chi connectivity index (χ2v) is 2.32. The van der Waals surface area contributed by atoms with Crippen LogP contribution in [-0.4, -0.2) is 51.4 Å². The summed E-state index contributed by atoms with van der Waals surface area (Å²) in [6, 6.07) is 0. The third kappa shape index (κ3) is 3.72. The van der Waals surface area contributed by atoms with Crippen LogP contribution in [0.15, 0.2) is 0 Å². The van der Waals surface area contributed by atoms with Crippen LogP contribution in [0.2, 0.25) is 0 Å². The van der Waals surface area contributed by atoms with Crippen molar-refractivity contribution in [2.45, 2.75) is 25.0 Å². The highest BCUT2D eigenvalue weighted by Gasteiger charge is 2.25. The number of carbonyl (C=O) groups is 1. The lowest BCUT2D eigenvalue weighted by molar-refractivity contribution is -0.143. The smallest absolute Gasteiger partial charge is 0.229 e. The van der Waals surface area contributed by atoms with Gasteiger partial charge in [-0.2, -0.15) is 0 Å². The highest BCUT2D eigenvalue weighted by molar-refractivity contribution is 5.83. The molecule has 3 atom stereocenters. The molecular weight excluding hydrogens is 171 g/mol. The van der Waals surface area contributed by atoms with E-state index < -0.39 is 37.4 Å². The lowest BCUT2D eigenvalue weighted by Gasteiger charge is -2.11. The van der Waals surface area contributed by atoms with Crippen molar-refractivity contribution in [2.24, 2.45) is 0 Å². The summed E-state index contributed by atoms with van der Waals surface area (Å²) in [5, 5.41) is 33.6. The molecule has 0 amide bonds. The summed E-state index contributed by atoms with van der Waals surface area (Å²) in [5.74, 6) is -1.05. The van der Waals surface area contributed by atoms with E-state index in [0.29, 0.717) is 0 Å². The second-order valence-electron chi connectivity index (χ2n) is 2.32. The fraction of sp³-hybridized carbons (Fsp3) is 0.833. The molecular formula is C6H11FO5. The molecule has 0 aromatic heterocycles. The minimum atomic E-state index is -2.65. The first-order valence-corrected chi connectivity index (χ1v) is 3.31. The predicted molar refractivity (Wildman–Crippen MR) is 35.8 cm³/mol. The van der Waals surface area contributed by atoms with Gasteiger partial charge in [0.2, 0.25) is 6.36 Å². The van der Waals surface area contributed by atoms with Gasteiger partial charge in [-0.3, -0.25) is 4.79 Å². The Balaban J connectivity index is 3.87. The van der Waals surface area contributed by atoms with Crippen molar-refractivity contribution in [3.8, 4) is 0 Å². The molecule has 0 rings (SSSR count).